The van der Waals surface area contributed by atoms with Crippen LogP contribution in [0.15, 0.2) is 79.3 Å². The van der Waals surface area contributed by atoms with Crippen LogP contribution in [0.5, 0.6) is 11.6 Å². The molecule has 13 heteroatoms. The fourth-order valence-corrected chi connectivity index (χ4v) is 3.47. The van der Waals surface area contributed by atoms with Crippen molar-refractivity contribution in [3.63, 3.8) is 0 Å². The van der Waals surface area contributed by atoms with Crippen molar-refractivity contribution in [1.29, 1.82) is 0 Å². The predicted molar refractivity (Wildman–Crippen MR) is 128 cm³/mol. The lowest BCUT2D eigenvalue weighted by atomic mass is 10.2. The second kappa shape index (κ2) is 10.6. The number of hydrogen-bond acceptors (Lipinski definition) is 7. The van der Waals surface area contributed by atoms with Crippen LogP contribution in [0.2, 0.25) is 0 Å². The normalized spacial score (nSPS) is 11.4. The van der Waals surface area contributed by atoms with Gasteiger partial charge in [0, 0.05) is 23.7 Å². The summed E-state index contributed by atoms with van der Waals surface area (Å²) in [7, 11) is 0. The first-order valence-electron chi connectivity index (χ1n) is 11.2. The third-order valence-electron chi connectivity index (χ3n) is 5.20. The van der Waals surface area contributed by atoms with Crippen molar-refractivity contribution in [1.82, 2.24) is 24.9 Å². The standard InChI is InChI=1S/C25H19F3N6O4/c26-25(27,28)21-12-22(33-32-21)31-24(35)38-34-9-8-17-10-19(6-7-20(17)34)37-23-11-18(29-15-30-23)14-36-13-16-4-2-1-3-5-16/h1-12,15H,13-14H2,(H2,31,32,33,35). The van der Waals surface area contributed by atoms with Gasteiger partial charge in [-0.05, 0) is 29.8 Å². The summed E-state index contributed by atoms with van der Waals surface area (Å²) >= 11 is 0. The van der Waals surface area contributed by atoms with E-state index in [1.165, 1.54) is 17.3 Å². The smallest absolute Gasteiger partial charge is 0.437 e. The summed E-state index contributed by atoms with van der Waals surface area (Å²) in [5, 5.41) is 8.02. The summed E-state index contributed by atoms with van der Waals surface area (Å²) in [6, 6.07) is 18.8. The number of amides is 1. The van der Waals surface area contributed by atoms with E-state index in [2.05, 4.69) is 20.4 Å². The topological polar surface area (TPSA) is 116 Å². The molecule has 0 bridgehead atoms. The molecule has 2 N–H and O–H groups in total. The number of alkyl halides is 3. The maximum absolute atomic E-state index is 12.7. The zero-order valence-electron chi connectivity index (χ0n) is 19.5. The van der Waals surface area contributed by atoms with Gasteiger partial charge in [0.05, 0.1) is 24.4 Å². The van der Waals surface area contributed by atoms with Gasteiger partial charge in [0.2, 0.25) is 5.88 Å². The Labute approximate surface area is 213 Å². The molecule has 1 amide bonds. The Morgan fingerprint density at radius 3 is 2.63 bits per heavy atom. The average molecular weight is 524 g/mol. The Kier molecular flexibility index (Phi) is 6.91. The Morgan fingerprint density at radius 1 is 1.00 bits per heavy atom. The number of H-pyrrole nitrogens is 1. The molecule has 0 saturated heterocycles. The molecule has 2 aromatic carbocycles. The molecule has 0 fully saturated rings. The number of fused-ring (bicyclic) bond motifs is 1. The van der Waals surface area contributed by atoms with Crippen molar-refractivity contribution < 1.29 is 32.3 Å². The van der Waals surface area contributed by atoms with Crippen LogP contribution in [0.3, 0.4) is 0 Å². The third kappa shape index (κ3) is 6.07. The summed E-state index contributed by atoms with van der Waals surface area (Å²) < 4.78 is 50.7. The minimum Gasteiger partial charge on any atom is -0.439 e. The van der Waals surface area contributed by atoms with E-state index >= 15 is 0 Å². The molecule has 0 unspecified atom stereocenters. The molecule has 3 heterocycles. The van der Waals surface area contributed by atoms with Crippen LogP contribution >= 0.6 is 0 Å². The van der Waals surface area contributed by atoms with Crippen LogP contribution in [0.1, 0.15) is 17.0 Å². The Morgan fingerprint density at radius 2 is 1.84 bits per heavy atom. The summed E-state index contributed by atoms with van der Waals surface area (Å²) in [5.74, 6) is 0.472. The number of carbonyl (C=O) groups is 1. The number of benzene rings is 2. The molecule has 38 heavy (non-hydrogen) atoms. The predicted octanol–water partition coefficient (Wildman–Crippen LogP) is 5.34. The first-order valence-corrected chi connectivity index (χ1v) is 11.2. The summed E-state index contributed by atoms with van der Waals surface area (Å²) in [5.41, 5.74) is 1.12. The van der Waals surface area contributed by atoms with E-state index in [0.717, 1.165) is 5.56 Å². The van der Waals surface area contributed by atoms with Crippen molar-refractivity contribution in [3.05, 3.63) is 96.2 Å². The molecule has 0 spiro atoms. The highest BCUT2D eigenvalue weighted by Gasteiger charge is 2.33. The number of hydrogen-bond donors (Lipinski definition) is 2. The second-order valence-electron chi connectivity index (χ2n) is 7.96. The third-order valence-corrected chi connectivity index (χ3v) is 5.20. The zero-order valence-corrected chi connectivity index (χ0v) is 19.5. The zero-order chi connectivity index (χ0) is 26.5. The van der Waals surface area contributed by atoms with Gasteiger partial charge in [0.1, 0.15) is 17.8 Å². The van der Waals surface area contributed by atoms with Gasteiger partial charge in [0.15, 0.2) is 5.82 Å². The van der Waals surface area contributed by atoms with Gasteiger partial charge >= 0.3 is 12.3 Å². The first kappa shape index (κ1) is 24.8. The highest BCUT2D eigenvalue weighted by molar-refractivity contribution is 5.86. The van der Waals surface area contributed by atoms with E-state index in [1.807, 2.05) is 30.3 Å². The van der Waals surface area contributed by atoms with Gasteiger partial charge in [-0.1, -0.05) is 30.3 Å². The van der Waals surface area contributed by atoms with E-state index in [9.17, 15) is 18.0 Å². The lowest BCUT2D eigenvalue weighted by Crippen LogP contribution is -2.24. The van der Waals surface area contributed by atoms with E-state index < -0.39 is 18.0 Å². The summed E-state index contributed by atoms with van der Waals surface area (Å²) in [6.07, 6.45) is -2.77. The summed E-state index contributed by atoms with van der Waals surface area (Å²) in [4.78, 5) is 25.6. The minimum atomic E-state index is -4.61. The molecule has 10 nitrogen and oxygen atoms in total. The number of aromatic amines is 1. The van der Waals surface area contributed by atoms with Crippen LogP contribution in [0, 0.1) is 0 Å². The van der Waals surface area contributed by atoms with E-state index in [-0.39, 0.29) is 12.4 Å². The molecule has 0 saturated carbocycles. The van der Waals surface area contributed by atoms with Crippen molar-refractivity contribution in [2.75, 3.05) is 5.32 Å². The van der Waals surface area contributed by atoms with Gasteiger partial charge in [-0.25, -0.2) is 14.8 Å². The van der Waals surface area contributed by atoms with Gasteiger partial charge in [-0.3, -0.25) is 10.4 Å². The molecule has 0 aliphatic heterocycles. The first-order chi connectivity index (χ1) is 18.3. The molecule has 3 aromatic heterocycles. The number of ether oxygens (including phenoxy) is 2. The van der Waals surface area contributed by atoms with Crippen molar-refractivity contribution in [3.8, 4) is 11.6 Å². The Bertz CT molecular complexity index is 1550. The number of halogens is 3. The van der Waals surface area contributed by atoms with Gasteiger partial charge in [0.25, 0.3) is 0 Å². The van der Waals surface area contributed by atoms with Crippen LogP contribution < -0.4 is 14.9 Å². The van der Waals surface area contributed by atoms with Gasteiger partial charge < -0.3 is 14.3 Å². The molecule has 5 rings (SSSR count). The lowest BCUT2D eigenvalue weighted by molar-refractivity contribution is -0.141. The maximum Gasteiger partial charge on any atom is 0.437 e. The van der Waals surface area contributed by atoms with Crippen LogP contribution in [0.4, 0.5) is 23.8 Å². The fourth-order valence-electron chi connectivity index (χ4n) is 3.47. The average Bonchev–Trinajstić information content (AvgIpc) is 3.52. The van der Waals surface area contributed by atoms with E-state index in [0.29, 0.717) is 40.9 Å². The van der Waals surface area contributed by atoms with Crippen LogP contribution in [-0.4, -0.2) is 31.0 Å². The van der Waals surface area contributed by atoms with Gasteiger partial charge in [-0.15, -0.1) is 0 Å². The molecule has 0 atom stereocenters. The highest BCUT2D eigenvalue weighted by Crippen LogP contribution is 2.29. The molecular weight excluding hydrogens is 505 g/mol. The monoisotopic (exact) mass is 524 g/mol. The number of carbonyl (C=O) groups excluding carboxylic acids is 1. The van der Waals surface area contributed by atoms with Crippen LogP contribution in [-0.2, 0) is 24.1 Å². The second-order valence-corrected chi connectivity index (χ2v) is 7.96. The molecule has 0 radical (unpaired) electrons. The van der Waals surface area contributed by atoms with E-state index in [1.54, 1.807) is 35.4 Å². The Balaban J connectivity index is 1.19. The molecule has 5 aromatic rings. The fraction of sp³-hybridized carbons (Fsp3) is 0.120. The molecule has 0 aliphatic carbocycles. The number of nitrogens with zero attached hydrogens (tertiary/aromatic N) is 4. The number of rotatable bonds is 8. The summed E-state index contributed by atoms with van der Waals surface area (Å²) in [6.45, 7) is 0.732. The highest BCUT2D eigenvalue weighted by atomic mass is 19.4. The molecule has 0 aliphatic rings. The number of nitrogens with one attached hydrogen (secondary N) is 2. The SMILES string of the molecule is O=C(Nc1cc(C(F)(F)F)[nH]n1)On1ccc2cc(Oc3cc(COCc4ccccc4)ncn3)ccc21. The van der Waals surface area contributed by atoms with Crippen molar-refractivity contribution >= 4 is 22.8 Å². The van der Waals surface area contributed by atoms with Gasteiger partial charge in [-0.2, -0.15) is 23.0 Å². The lowest BCUT2D eigenvalue weighted by Gasteiger charge is -2.08. The van der Waals surface area contributed by atoms with Crippen LogP contribution in [0.25, 0.3) is 10.9 Å². The van der Waals surface area contributed by atoms with Crippen molar-refractivity contribution in [2.45, 2.75) is 19.4 Å². The largest absolute Gasteiger partial charge is 0.439 e. The number of aromatic nitrogens is 5. The minimum absolute atomic E-state index is 0.283. The quantitative estimate of drug-likeness (QED) is 0.281. The molecular formula is C25H19F3N6O4. The molecule has 194 valence electrons. The van der Waals surface area contributed by atoms with E-state index in [4.69, 9.17) is 14.3 Å². The van der Waals surface area contributed by atoms with Crippen molar-refractivity contribution in [2.24, 2.45) is 0 Å². The number of anilines is 1. The maximum atomic E-state index is 12.7. The Hall–Kier alpha value is -4.91.